The number of aromatic amines is 1. The highest BCUT2D eigenvalue weighted by molar-refractivity contribution is 5.81. The van der Waals surface area contributed by atoms with Crippen LogP contribution < -0.4 is 5.32 Å². The summed E-state index contributed by atoms with van der Waals surface area (Å²) in [6.45, 7) is 2.93. The number of hydrogen-bond donors (Lipinski definition) is 2. The molecule has 1 aliphatic rings. The van der Waals surface area contributed by atoms with Crippen LogP contribution in [0.25, 0.3) is 10.9 Å². The monoisotopic (exact) mass is 254 g/mol. The molecule has 1 aromatic heterocycles. The van der Waals surface area contributed by atoms with Gasteiger partial charge in [0.05, 0.1) is 18.3 Å². The van der Waals surface area contributed by atoms with Gasteiger partial charge in [-0.3, -0.25) is 10.00 Å². The first-order valence-electron chi connectivity index (χ1n) is 6.70. The zero-order chi connectivity index (χ0) is 13.1. The number of H-pyrrole nitrogens is 1. The number of nitrogens with zero attached hydrogens (tertiary/aromatic N) is 2. The molecule has 0 spiro atoms. The van der Waals surface area contributed by atoms with Crippen LogP contribution >= 0.6 is 0 Å². The van der Waals surface area contributed by atoms with Crippen molar-refractivity contribution in [1.29, 1.82) is 0 Å². The van der Waals surface area contributed by atoms with Crippen molar-refractivity contribution in [2.75, 3.05) is 25.0 Å². The third-order valence-corrected chi connectivity index (χ3v) is 3.71. The van der Waals surface area contributed by atoms with Crippen molar-refractivity contribution < 1.29 is 0 Å². The van der Waals surface area contributed by atoms with E-state index in [4.69, 9.17) is 6.42 Å². The number of anilines is 1. The number of aromatic nitrogens is 2. The maximum absolute atomic E-state index is 5.34. The van der Waals surface area contributed by atoms with Gasteiger partial charge in [0, 0.05) is 30.2 Å². The zero-order valence-corrected chi connectivity index (χ0v) is 10.9. The van der Waals surface area contributed by atoms with Gasteiger partial charge in [-0.25, -0.2) is 0 Å². The molecule has 2 N–H and O–H groups in total. The van der Waals surface area contributed by atoms with E-state index in [1.54, 1.807) is 0 Å². The first kappa shape index (κ1) is 12.1. The van der Waals surface area contributed by atoms with Crippen LogP contribution in [0, 0.1) is 12.3 Å². The van der Waals surface area contributed by atoms with Gasteiger partial charge in [0.25, 0.3) is 0 Å². The number of likely N-dealkylation sites (tertiary alicyclic amines) is 1. The first-order chi connectivity index (χ1) is 9.35. The Morgan fingerprint density at radius 2 is 2.26 bits per heavy atom. The third-order valence-electron chi connectivity index (χ3n) is 3.71. The smallest absolute Gasteiger partial charge is 0.0651 e. The van der Waals surface area contributed by atoms with Crippen molar-refractivity contribution >= 4 is 16.6 Å². The van der Waals surface area contributed by atoms with Gasteiger partial charge in [-0.05, 0) is 31.0 Å². The second kappa shape index (κ2) is 5.33. The van der Waals surface area contributed by atoms with E-state index in [1.165, 1.54) is 5.69 Å². The SMILES string of the molecule is C#CCN1CCC(Nc2ccc3[nH]ncc3c2)CC1. The van der Waals surface area contributed by atoms with E-state index >= 15 is 0 Å². The first-order valence-corrected chi connectivity index (χ1v) is 6.70. The number of hydrogen-bond acceptors (Lipinski definition) is 3. The molecule has 0 amide bonds. The number of piperidine rings is 1. The highest BCUT2D eigenvalue weighted by atomic mass is 15.1. The molecule has 0 aliphatic carbocycles. The fourth-order valence-corrected chi connectivity index (χ4v) is 2.63. The Balaban J connectivity index is 1.61. The second-order valence-electron chi connectivity index (χ2n) is 5.07. The number of terminal acetylenes is 1. The van der Waals surface area contributed by atoms with E-state index in [1.807, 2.05) is 6.20 Å². The molecule has 1 aliphatic heterocycles. The average molecular weight is 254 g/mol. The Bertz CT molecular complexity index is 587. The lowest BCUT2D eigenvalue weighted by atomic mass is 10.0. The van der Waals surface area contributed by atoms with E-state index in [0.717, 1.165) is 43.4 Å². The molecule has 4 heteroatoms. The minimum Gasteiger partial charge on any atom is -0.382 e. The maximum atomic E-state index is 5.34. The molecule has 0 unspecified atom stereocenters. The Morgan fingerprint density at radius 1 is 1.42 bits per heavy atom. The highest BCUT2D eigenvalue weighted by Crippen LogP contribution is 2.20. The van der Waals surface area contributed by atoms with Gasteiger partial charge < -0.3 is 5.32 Å². The lowest BCUT2D eigenvalue weighted by molar-refractivity contribution is 0.243. The lowest BCUT2D eigenvalue weighted by Crippen LogP contribution is -2.39. The predicted molar refractivity (Wildman–Crippen MR) is 78.0 cm³/mol. The Morgan fingerprint density at radius 3 is 3.05 bits per heavy atom. The third kappa shape index (κ3) is 2.72. The van der Waals surface area contributed by atoms with Crippen molar-refractivity contribution in [2.24, 2.45) is 0 Å². The van der Waals surface area contributed by atoms with Crippen LogP contribution in [0.1, 0.15) is 12.8 Å². The van der Waals surface area contributed by atoms with Gasteiger partial charge in [0.1, 0.15) is 0 Å². The van der Waals surface area contributed by atoms with Crippen LogP contribution in [0.3, 0.4) is 0 Å². The molecule has 1 fully saturated rings. The Hall–Kier alpha value is -1.99. The zero-order valence-electron chi connectivity index (χ0n) is 10.9. The summed E-state index contributed by atoms with van der Waals surface area (Å²) in [5.74, 6) is 2.71. The van der Waals surface area contributed by atoms with Crippen LogP contribution in [0.2, 0.25) is 0 Å². The molecule has 19 heavy (non-hydrogen) atoms. The van der Waals surface area contributed by atoms with Crippen LogP contribution in [0.5, 0.6) is 0 Å². The van der Waals surface area contributed by atoms with Crippen LogP contribution in [0.4, 0.5) is 5.69 Å². The van der Waals surface area contributed by atoms with Gasteiger partial charge in [0.2, 0.25) is 0 Å². The molecule has 0 bridgehead atoms. The summed E-state index contributed by atoms with van der Waals surface area (Å²) in [7, 11) is 0. The summed E-state index contributed by atoms with van der Waals surface area (Å²) in [4.78, 5) is 2.33. The maximum Gasteiger partial charge on any atom is 0.0651 e. The van der Waals surface area contributed by atoms with Crippen molar-refractivity contribution in [3.8, 4) is 12.3 Å². The molecule has 4 nitrogen and oxygen atoms in total. The van der Waals surface area contributed by atoms with Crippen molar-refractivity contribution in [1.82, 2.24) is 15.1 Å². The predicted octanol–water partition coefficient (Wildman–Crippen LogP) is 2.07. The summed E-state index contributed by atoms with van der Waals surface area (Å²) in [6.07, 6.45) is 9.49. The Labute approximate surface area is 113 Å². The van der Waals surface area contributed by atoms with E-state index in [0.29, 0.717) is 6.04 Å². The lowest BCUT2D eigenvalue weighted by Gasteiger charge is -2.31. The summed E-state index contributed by atoms with van der Waals surface area (Å²) < 4.78 is 0. The van der Waals surface area contributed by atoms with Gasteiger partial charge in [-0.2, -0.15) is 5.10 Å². The van der Waals surface area contributed by atoms with Gasteiger partial charge in [-0.15, -0.1) is 6.42 Å². The molecule has 2 aromatic rings. The summed E-state index contributed by atoms with van der Waals surface area (Å²) in [5.41, 5.74) is 2.25. The number of rotatable bonds is 3. The fraction of sp³-hybridized carbons (Fsp3) is 0.400. The molecule has 3 rings (SSSR count). The summed E-state index contributed by atoms with van der Waals surface area (Å²) in [6, 6.07) is 6.86. The van der Waals surface area contributed by atoms with Crippen molar-refractivity contribution in [3.63, 3.8) is 0 Å². The number of benzene rings is 1. The van der Waals surface area contributed by atoms with E-state index in [2.05, 4.69) is 44.5 Å². The van der Waals surface area contributed by atoms with E-state index < -0.39 is 0 Å². The Kier molecular flexibility index (Phi) is 3.39. The van der Waals surface area contributed by atoms with Gasteiger partial charge >= 0.3 is 0 Å². The highest BCUT2D eigenvalue weighted by Gasteiger charge is 2.18. The molecular formula is C15H18N4. The van der Waals surface area contributed by atoms with Crippen LogP contribution in [-0.2, 0) is 0 Å². The minimum absolute atomic E-state index is 0.540. The van der Waals surface area contributed by atoms with Crippen molar-refractivity contribution in [3.05, 3.63) is 24.4 Å². The molecule has 1 saturated heterocycles. The summed E-state index contributed by atoms with van der Waals surface area (Å²) in [5, 5.41) is 11.8. The largest absolute Gasteiger partial charge is 0.382 e. The van der Waals surface area contributed by atoms with Crippen LogP contribution in [-0.4, -0.2) is 40.8 Å². The standard InChI is InChI=1S/C15H18N4/c1-2-7-19-8-5-13(6-9-19)17-14-3-4-15-12(10-14)11-16-18-15/h1,3-4,10-11,13,17H,5-9H2,(H,16,18). The van der Waals surface area contributed by atoms with E-state index in [-0.39, 0.29) is 0 Å². The topological polar surface area (TPSA) is 44.0 Å². The molecule has 0 radical (unpaired) electrons. The molecule has 0 saturated carbocycles. The molecular weight excluding hydrogens is 236 g/mol. The van der Waals surface area contributed by atoms with E-state index in [9.17, 15) is 0 Å². The second-order valence-corrected chi connectivity index (χ2v) is 5.07. The van der Waals surface area contributed by atoms with Crippen LogP contribution in [0.15, 0.2) is 24.4 Å². The normalized spacial score (nSPS) is 17.4. The molecule has 1 aromatic carbocycles. The quantitative estimate of drug-likeness (QED) is 0.824. The van der Waals surface area contributed by atoms with Crippen molar-refractivity contribution in [2.45, 2.75) is 18.9 Å². The summed E-state index contributed by atoms with van der Waals surface area (Å²) >= 11 is 0. The molecule has 2 heterocycles. The molecule has 98 valence electrons. The minimum atomic E-state index is 0.540. The van der Waals surface area contributed by atoms with Gasteiger partial charge in [0.15, 0.2) is 0 Å². The average Bonchev–Trinajstić information content (AvgIpc) is 2.89. The van der Waals surface area contributed by atoms with Gasteiger partial charge in [-0.1, -0.05) is 5.92 Å². The number of nitrogens with one attached hydrogen (secondary N) is 2. The number of fused-ring (bicyclic) bond motifs is 1. The molecule has 0 atom stereocenters. The fourth-order valence-electron chi connectivity index (χ4n) is 2.63.